The molecule has 1 heterocycles. The highest BCUT2D eigenvalue weighted by Gasteiger charge is 2.26. The van der Waals surface area contributed by atoms with Crippen LogP contribution >= 0.6 is 34.2 Å². The SMILES string of the molecule is CC(C)Oc1ccccc1/C=C1\N=C(c2cc(I)ccc2Cl)OC1=O. The monoisotopic (exact) mass is 467 g/mol. The van der Waals surface area contributed by atoms with Gasteiger partial charge in [0.2, 0.25) is 5.90 Å². The lowest BCUT2D eigenvalue weighted by Gasteiger charge is -2.12. The number of aliphatic imine (C=N–C) groups is 1. The van der Waals surface area contributed by atoms with Crippen molar-refractivity contribution in [1.82, 2.24) is 0 Å². The van der Waals surface area contributed by atoms with E-state index >= 15 is 0 Å². The Morgan fingerprint density at radius 1 is 1.24 bits per heavy atom. The summed E-state index contributed by atoms with van der Waals surface area (Å²) in [4.78, 5) is 16.5. The number of halogens is 2. The van der Waals surface area contributed by atoms with Crippen molar-refractivity contribution in [3.8, 4) is 5.75 Å². The first kappa shape index (κ1) is 17.9. The summed E-state index contributed by atoms with van der Waals surface area (Å²) in [6.45, 7) is 3.89. The van der Waals surface area contributed by atoms with Crippen LogP contribution in [-0.4, -0.2) is 18.0 Å². The average molecular weight is 468 g/mol. The first-order valence-corrected chi connectivity index (χ1v) is 9.13. The molecule has 0 atom stereocenters. The molecule has 2 aromatic carbocycles. The largest absolute Gasteiger partial charge is 0.490 e. The van der Waals surface area contributed by atoms with Crippen molar-refractivity contribution in [3.63, 3.8) is 0 Å². The molecular formula is C19H15ClINO3. The van der Waals surface area contributed by atoms with Gasteiger partial charge in [-0.3, -0.25) is 0 Å². The number of cyclic esters (lactones) is 1. The fraction of sp³-hybridized carbons (Fsp3) is 0.158. The van der Waals surface area contributed by atoms with Crippen LogP contribution < -0.4 is 4.74 Å². The highest BCUT2D eigenvalue weighted by atomic mass is 127. The van der Waals surface area contributed by atoms with Gasteiger partial charge in [0.1, 0.15) is 5.75 Å². The Hall–Kier alpha value is -1.86. The van der Waals surface area contributed by atoms with E-state index in [1.165, 1.54) is 0 Å². The molecule has 2 aromatic rings. The third kappa shape index (κ3) is 4.22. The van der Waals surface area contributed by atoms with Crippen LogP contribution in [0.3, 0.4) is 0 Å². The molecule has 1 aliphatic rings. The molecule has 0 spiro atoms. The van der Waals surface area contributed by atoms with Gasteiger partial charge in [0.25, 0.3) is 0 Å². The molecule has 0 fully saturated rings. The lowest BCUT2D eigenvalue weighted by Crippen LogP contribution is -2.07. The maximum Gasteiger partial charge on any atom is 0.363 e. The number of hydrogen-bond donors (Lipinski definition) is 0. The number of nitrogens with zero attached hydrogens (tertiary/aromatic N) is 1. The molecule has 0 aliphatic carbocycles. The second-order valence-corrected chi connectivity index (χ2v) is 7.32. The Morgan fingerprint density at radius 2 is 2.00 bits per heavy atom. The maximum atomic E-state index is 12.2. The van der Waals surface area contributed by atoms with Crippen LogP contribution in [0.2, 0.25) is 5.02 Å². The highest BCUT2D eigenvalue weighted by molar-refractivity contribution is 14.1. The Morgan fingerprint density at radius 3 is 2.76 bits per heavy atom. The van der Waals surface area contributed by atoms with E-state index < -0.39 is 5.97 Å². The van der Waals surface area contributed by atoms with Crippen LogP contribution in [0.4, 0.5) is 0 Å². The number of hydrogen-bond acceptors (Lipinski definition) is 4. The summed E-state index contributed by atoms with van der Waals surface area (Å²) >= 11 is 8.37. The first-order valence-electron chi connectivity index (χ1n) is 7.67. The Kier molecular flexibility index (Phi) is 5.44. The molecule has 0 amide bonds. The van der Waals surface area contributed by atoms with E-state index in [0.717, 1.165) is 9.13 Å². The second-order valence-electron chi connectivity index (χ2n) is 5.66. The third-order valence-electron chi connectivity index (χ3n) is 3.35. The summed E-state index contributed by atoms with van der Waals surface area (Å²) in [5.74, 6) is 0.389. The van der Waals surface area contributed by atoms with E-state index in [9.17, 15) is 4.79 Å². The topological polar surface area (TPSA) is 47.9 Å². The fourth-order valence-electron chi connectivity index (χ4n) is 2.29. The number of rotatable bonds is 4. The van der Waals surface area contributed by atoms with Crippen molar-refractivity contribution < 1.29 is 14.3 Å². The maximum absolute atomic E-state index is 12.2. The molecule has 4 nitrogen and oxygen atoms in total. The fourth-order valence-corrected chi connectivity index (χ4v) is 2.98. The van der Waals surface area contributed by atoms with E-state index in [1.807, 2.05) is 50.2 Å². The number of esters is 1. The molecule has 6 heteroatoms. The predicted molar refractivity (Wildman–Crippen MR) is 107 cm³/mol. The molecule has 0 saturated carbocycles. The molecule has 0 bridgehead atoms. The number of carbonyl (C=O) groups excluding carboxylic acids is 1. The van der Waals surface area contributed by atoms with Gasteiger partial charge in [-0.05, 0) is 66.8 Å². The normalized spacial score (nSPS) is 15.5. The predicted octanol–water partition coefficient (Wildman–Crippen LogP) is 5.08. The van der Waals surface area contributed by atoms with Gasteiger partial charge < -0.3 is 9.47 Å². The van der Waals surface area contributed by atoms with Crippen LogP contribution in [0.15, 0.2) is 53.2 Å². The van der Waals surface area contributed by atoms with Gasteiger partial charge >= 0.3 is 5.97 Å². The average Bonchev–Trinajstić information content (AvgIpc) is 2.92. The molecule has 3 rings (SSSR count). The third-order valence-corrected chi connectivity index (χ3v) is 4.35. The molecule has 0 unspecified atom stereocenters. The van der Waals surface area contributed by atoms with Crippen molar-refractivity contribution in [3.05, 3.63) is 67.9 Å². The smallest absolute Gasteiger partial charge is 0.363 e. The summed E-state index contributed by atoms with van der Waals surface area (Å²) in [5, 5.41) is 0.483. The lowest BCUT2D eigenvalue weighted by molar-refractivity contribution is -0.129. The number of ether oxygens (including phenoxy) is 2. The van der Waals surface area contributed by atoms with Crippen molar-refractivity contribution >= 4 is 52.1 Å². The zero-order valence-corrected chi connectivity index (χ0v) is 16.5. The lowest BCUT2D eigenvalue weighted by atomic mass is 10.1. The minimum atomic E-state index is -0.510. The van der Waals surface area contributed by atoms with Gasteiger partial charge in [-0.15, -0.1) is 0 Å². The minimum Gasteiger partial charge on any atom is -0.490 e. The van der Waals surface area contributed by atoms with E-state index in [4.69, 9.17) is 21.1 Å². The molecule has 0 aromatic heterocycles. The Labute approximate surface area is 164 Å². The van der Waals surface area contributed by atoms with Crippen LogP contribution in [-0.2, 0) is 9.53 Å². The molecule has 1 aliphatic heterocycles. The zero-order valence-electron chi connectivity index (χ0n) is 13.6. The van der Waals surface area contributed by atoms with E-state index in [-0.39, 0.29) is 17.7 Å². The van der Waals surface area contributed by atoms with Gasteiger partial charge in [0, 0.05) is 9.13 Å². The summed E-state index contributed by atoms with van der Waals surface area (Å²) < 4.78 is 12.0. The van der Waals surface area contributed by atoms with Gasteiger partial charge in [-0.25, -0.2) is 9.79 Å². The molecule has 0 N–H and O–H groups in total. The number of para-hydroxylation sites is 1. The van der Waals surface area contributed by atoms with Crippen molar-refractivity contribution in [2.75, 3.05) is 0 Å². The van der Waals surface area contributed by atoms with Gasteiger partial charge in [0.15, 0.2) is 5.70 Å². The van der Waals surface area contributed by atoms with E-state index in [2.05, 4.69) is 27.6 Å². The highest BCUT2D eigenvalue weighted by Crippen LogP contribution is 2.27. The molecule has 25 heavy (non-hydrogen) atoms. The molecule has 0 saturated heterocycles. The first-order chi connectivity index (χ1) is 11.9. The summed E-state index contributed by atoms with van der Waals surface area (Å²) in [6.07, 6.45) is 1.69. The number of carbonyl (C=O) groups is 1. The minimum absolute atomic E-state index is 0.0272. The van der Waals surface area contributed by atoms with Gasteiger partial charge in [-0.2, -0.15) is 0 Å². The molecule has 0 radical (unpaired) electrons. The zero-order chi connectivity index (χ0) is 18.0. The summed E-state index contributed by atoms with van der Waals surface area (Å²) in [6, 6.07) is 12.9. The Bertz CT molecular complexity index is 890. The van der Waals surface area contributed by atoms with Crippen molar-refractivity contribution in [1.29, 1.82) is 0 Å². The van der Waals surface area contributed by atoms with E-state index in [1.54, 1.807) is 12.1 Å². The summed E-state index contributed by atoms with van der Waals surface area (Å²) in [5.41, 5.74) is 1.57. The molecule has 128 valence electrons. The quantitative estimate of drug-likeness (QED) is 0.358. The van der Waals surface area contributed by atoms with Crippen LogP contribution in [0, 0.1) is 3.57 Å². The number of benzene rings is 2. The van der Waals surface area contributed by atoms with Crippen LogP contribution in [0.1, 0.15) is 25.0 Å². The van der Waals surface area contributed by atoms with E-state index in [0.29, 0.717) is 16.3 Å². The second kappa shape index (κ2) is 7.58. The van der Waals surface area contributed by atoms with Crippen LogP contribution in [0.5, 0.6) is 5.75 Å². The summed E-state index contributed by atoms with van der Waals surface area (Å²) in [7, 11) is 0. The Balaban J connectivity index is 1.98. The van der Waals surface area contributed by atoms with Gasteiger partial charge in [0.05, 0.1) is 16.7 Å². The van der Waals surface area contributed by atoms with Crippen LogP contribution in [0.25, 0.3) is 6.08 Å². The van der Waals surface area contributed by atoms with Crippen molar-refractivity contribution in [2.24, 2.45) is 4.99 Å². The van der Waals surface area contributed by atoms with Gasteiger partial charge in [-0.1, -0.05) is 29.8 Å². The molecular weight excluding hydrogens is 453 g/mol. The van der Waals surface area contributed by atoms with Crippen molar-refractivity contribution in [2.45, 2.75) is 20.0 Å². The standard InChI is InChI=1S/C19H15ClINO3/c1-11(2)24-17-6-4-3-5-12(17)9-16-19(23)25-18(22-16)14-10-13(21)7-8-15(14)20/h3-11H,1-2H3/b16-9-.